The molecule has 0 unspecified atom stereocenters. The van der Waals surface area contributed by atoms with Gasteiger partial charge in [0.2, 0.25) is 5.76 Å². The van der Waals surface area contributed by atoms with Gasteiger partial charge in [0.25, 0.3) is 5.91 Å². The molecule has 0 atom stereocenters. The molecule has 0 spiro atoms. The Hall–Kier alpha value is -2.76. The zero-order valence-electron chi connectivity index (χ0n) is 12.5. The molecule has 0 saturated carbocycles. The van der Waals surface area contributed by atoms with E-state index in [0.717, 1.165) is 11.3 Å². The first-order valence-corrected chi connectivity index (χ1v) is 6.80. The predicted molar refractivity (Wildman–Crippen MR) is 81.6 cm³/mol. The lowest BCUT2D eigenvalue weighted by Crippen LogP contribution is -2.28. The van der Waals surface area contributed by atoms with Crippen molar-refractivity contribution >= 4 is 17.6 Å². The number of amides is 1. The normalized spacial score (nSPS) is 10.1. The number of hydrogen-bond acceptors (Lipinski definition) is 5. The van der Waals surface area contributed by atoms with Gasteiger partial charge in [-0.25, -0.2) is 4.79 Å². The highest BCUT2D eigenvalue weighted by Gasteiger charge is 2.12. The SMILES string of the molecule is CN(C)c1ccc(CNC(=O)COC(=O)c2ccco2)cc1. The van der Waals surface area contributed by atoms with Gasteiger partial charge in [0.05, 0.1) is 6.26 Å². The summed E-state index contributed by atoms with van der Waals surface area (Å²) < 4.78 is 9.71. The Morgan fingerprint density at radius 3 is 2.50 bits per heavy atom. The summed E-state index contributed by atoms with van der Waals surface area (Å²) in [6, 6.07) is 10.9. The van der Waals surface area contributed by atoms with E-state index in [1.807, 2.05) is 43.3 Å². The van der Waals surface area contributed by atoms with Crippen LogP contribution in [0, 0.1) is 0 Å². The third-order valence-electron chi connectivity index (χ3n) is 3.00. The Labute approximate surface area is 128 Å². The average molecular weight is 302 g/mol. The lowest BCUT2D eigenvalue weighted by atomic mass is 10.2. The molecule has 6 heteroatoms. The van der Waals surface area contributed by atoms with Crippen molar-refractivity contribution < 1.29 is 18.7 Å². The van der Waals surface area contributed by atoms with Crippen LogP contribution in [0.4, 0.5) is 5.69 Å². The lowest BCUT2D eigenvalue weighted by molar-refractivity contribution is -0.124. The number of ether oxygens (including phenoxy) is 1. The van der Waals surface area contributed by atoms with Crippen LogP contribution in [0.2, 0.25) is 0 Å². The van der Waals surface area contributed by atoms with Crippen molar-refractivity contribution in [2.45, 2.75) is 6.54 Å². The molecule has 1 amide bonds. The molecule has 0 aliphatic rings. The molecule has 22 heavy (non-hydrogen) atoms. The van der Waals surface area contributed by atoms with E-state index in [1.54, 1.807) is 6.07 Å². The van der Waals surface area contributed by atoms with E-state index < -0.39 is 5.97 Å². The minimum Gasteiger partial charge on any atom is -0.457 e. The fourth-order valence-electron chi connectivity index (χ4n) is 1.76. The van der Waals surface area contributed by atoms with E-state index in [-0.39, 0.29) is 18.3 Å². The second kappa shape index (κ2) is 7.31. The van der Waals surface area contributed by atoms with Gasteiger partial charge in [0.15, 0.2) is 6.61 Å². The zero-order chi connectivity index (χ0) is 15.9. The number of esters is 1. The Morgan fingerprint density at radius 1 is 1.18 bits per heavy atom. The van der Waals surface area contributed by atoms with Gasteiger partial charge < -0.3 is 19.4 Å². The zero-order valence-corrected chi connectivity index (χ0v) is 12.5. The molecule has 0 bridgehead atoms. The summed E-state index contributed by atoms with van der Waals surface area (Å²) in [4.78, 5) is 25.1. The van der Waals surface area contributed by atoms with Gasteiger partial charge >= 0.3 is 5.97 Å². The molecule has 0 fully saturated rings. The van der Waals surface area contributed by atoms with Crippen LogP contribution >= 0.6 is 0 Å². The fraction of sp³-hybridized carbons (Fsp3) is 0.250. The lowest BCUT2D eigenvalue weighted by Gasteiger charge is -2.12. The Kier molecular flexibility index (Phi) is 5.19. The molecule has 1 aromatic carbocycles. The molecule has 116 valence electrons. The summed E-state index contributed by atoms with van der Waals surface area (Å²) >= 11 is 0. The highest BCUT2D eigenvalue weighted by Crippen LogP contribution is 2.11. The van der Waals surface area contributed by atoms with Crippen LogP contribution in [0.25, 0.3) is 0 Å². The van der Waals surface area contributed by atoms with Crippen molar-refractivity contribution in [3.63, 3.8) is 0 Å². The number of carbonyl (C=O) groups excluding carboxylic acids is 2. The summed E-state index contributed by atoms with van der Waals surface area (Å²) in [7, 11) is 3.92. The summed E-state index contributed by atoms with van der Waals surface area (Å²) in [5.74, 6) is -0.945. The summed E-state index contributed by atoms with van der Waals surface area (Å²) in [6.45, 7) is 0.0418. The van der Waals surface area contributed by atoms with Gasteiger partial charge in [-0.15, -0.1) is 0 Å². The van der Waals surface area contributed by atoms with Crippen molar-refractivity contribution in [1.29, 1.82) is 0 Å². The monoisotopic (exact) mass is 302 g/mol. The van der Waals surface area contributed by atoms with Crippen LogP contribution in [0.1, 0.15) is 16.1 Å². The number of furan rings is 1. The standard InChI is InChI=1S/C16H18N2O4/c1-18(2)13-7-5-12(6-8-13)10-17-15(19)11-22-16(20)14-4-3-9-21-14/h3-9H,10-11H2,1-2H3,(H,17,19). The van der Waals surface area contributed by atoms with Crippen LogP contribution in [0.3, 0.4) is 0 Å². The van der Waals surface area contributed by atoms with E-state index in [1.165, 1.54) is 12.3 Å². The van der Waals surface area contributed by atoms with Crippen molar-refractivity contribution in [1.82, 2.24) is 5.32 Å². The van der Waals surface area contributed by atoms with Gasteiger partial charge in [-0.2, -0.15) is 0 Å². The van der Waals surface area contributed by atoms with Crippen molar-refractivity contribution in [3.05, 3.63) is 54.0 Å². The average Bonchev–Trinajstić information content (AvgIpc) is 3.05. The third-order valence-corrected chi connectivity index (χ3v) is 3.00. The van der Waals surface area contributed by atoms with E-state index in [4.69, 9.17) is 9.15 Å². The minimum atomic E-state index is -0.657. The van der Waals surface area contributed by atoms with Crippen LogP contribution < -0.4 is 10.2 Å². The smallest absolute Gasteiger partial charge is 0.374 e. The first-order chi connectivity index (χ1) is 10.6. The number of nitrogens with zero attached hydrogens (tertiary/aromatic N) is 1. The van der Waals surface area contributed by atoms with E-state index in [2.05, 4.69) is 5.32 Å². The molecule has 0 aliphatic carbocycles. The van der Waals surface area contributed by atoms with Crippen LogP contribution in [0.15, 0.2) is 47.1 Å². The molecule has 1 heterocycles. The largest absolute Gasteiger partial charge is 0.457 e. The van der Waals surface area contributed by atoms with Gasteiger partial charge in [-0.3, -0.25) is 4.79 Å². The maximum Gasteiger partial charge on any atom is 0.374 e. The summed E-state index contributed by atoms with van der Waals surface area (Å²) in [5.41, 5.74) is 2.05. The Morgan fingerprint density at radius 2 is 1.91 bits per heavy atom. The summed E-state index contributed by atoms with van der Waals surface area (Å²) in [5, 5.41) is 2.69. The first kappa shape index (κ1) is 15.6. The number of benzene rings is 1. The van der Waals surface area contributed by atoms with Crippen LogP contribution in [-0.2, 0) is 16.1 Å². The Bertz CT molecular complexity index is 618. The summed E-state index contributed by atoms with van der Waals surface area (Å²) in [6.07, 6.45) is 1.37. The van der Waals surface area contributed by atoms with Crippen LogP contribution in [0.5, 0.6) is 0 Å². The number of rotatable bonds is 6. The van der Waals surface area contributed by atoms with E-state index in [9.17, 15) is 9.59 Å². The minimum absolute atomic E-state index is 0.0760. The number of hydrogen-bond donors (Lipinski definition) is 1. The van der Waals surface area contributed by atoms with Crippen molar-refractivity contribution in [2.24, 2.45) is 0 Å². The second-order valence-corrected chi connectivity index (χ2v) is 4.89. The molecule has 2 aromatic rings. The molecule has 0 aliphatic heterocycles. The predicted octanol–water partition coefficient (Wildman–Crippen LogP) is 1.82. The molecule has 1 N–H and O–H groups in total. The number of anilines is 1. The first-order valence-electron chi connectivity index (χ1n) is 6.80. The van der Waals surface area contributed by atoms with Gasteiger partial charge in [-0.1, -0.05) is 12.1 Å². The molecule has 0 saturated heterocycles. The highest BCUT2D eigenvalue weighted by atomic mass is 16.5. The molecular weight excluding hydrogens is 284 g/mol. The topological polar surface area (TPSA) is 71.8 Å². The molecule has 6 nitrogen and oxygen atoms in total. The molecule has 1 aromatic heterocycles. The number of nitrogens with one attached hydrogen (secondary N) is 1. The molecule has 0 radical (unpaired) electrons. The maximum atomic E-state index is 11.6. The molecular formula is C16H18N2O4. The van der Waals surface area contributed by atoms with E-state index in [0.29, 0.717) is 6.54 Å². The van der Waals surface area contributed by atoms with Crippen molar-refractivity contribution in [3.8, 4) is 0 Å². The van der Waals surface area contributed by atoms with Gasteiger partial charge in [-0.05, 0) is 29.8 Å². The Balaban J connectivity index is 1.74. The fourth-order valence-corrected chi connectivity index (χ4v) is 1.76. The maximum absolute atomic E-state index is 11.6. The second-order valence-electron chi connectivity index (χ2n) is 4.89. The highest BCUT2D eigenvalue weighted by molar-refractivity contribution is 5.88. The number of carbonyl (C=O) groups is 2. The third kappa shape index (κ3) is 4.37. The van der Waals surface area contributed by atoms with E-state index >= 15 is 0 Å². The van der Waals surface area contributed by atoms with Crippen molar-refractivity contribution in [2.75, 3.05) is 25.6 Å². The van der Waals surface area contributed by atoms with Gasteiger partial charge in [0.1, 0.15) is 0 Å². The quantitative estimate of drug-likeness (QED) is 0.824. The molecule has 2 rings (SSSR count). The van der Waals surface area contributed by atoms with Gasteiger partial charge in [0, 0.05) is 26.3 Å². The van der Waals surface area contributed by atoms with Crippen LogP contribution in [-0.4, -0.2) is 32.6 Å².